The van der Waals surface area contributed by atoms with Gasteiger partial charge in [0.05, 0.1) is 12.2 Å². The molecule has 0 atom stereocenters. The predicted octanol–water partition coefficient (Wildman–Crippen LogP) is 4.24. The fourth-order valence-corrected chi connectivity index (χ4v) is 2.29. The molecule has 0 amide bonds. The van der Waals surface area contributed by atoms with Crippen molar-refractivity contribution in [3.8, 4) is 11.5 Å². The Morgan fingerprint density at radius 3 is 2.10 bits per heavy atom. The van der Waals surface area contributed by atoms with E-state index in [1.807, 2.05) is 0 Å². The molecule has 0 radical (unpaired) electrons. The number of ether oxygens (including phenoxy) is 3. The molecule has 0 aromatic heterocycles. The molecule has 29 heavy (non-hydrogen) atoms. The summed E-state index contributed by atoms with van der Waals surface area (Å²) in [7, 11) is 0. The summed E-state index contributed by atoms with van der Waals surface area (Å²) >= 11 is 0. The van der Waals surface area contributed by atoms with E-state index < -0.39 is 17.8 Å². The number of hydrogen-bond donors (Lipinski definition) is 0. The van der Waals surface area contributed by atoms with Gasteiger partial charge < -0.3 is 14.2 Å². The number of esters is 3. The Hall–Kier alpha value is -3.48. The molecule has 0 saturated heterocycles. The maximum Gasteiger partial charge on any atom is 0.343 e. The highest BCUT2D eigenvalue weighted by molar-refractivity contribution is 5.91. The lowest BCUT2D eigenvalue weighted by atomic mass is 10.2. The summed E-state index contributed by atoms with van der Waals surface area (Å²) in [5.74, 6) is -1.30. The maximum absolute atomic E-state index is 12.9. The Balaban J connectivity index is 1.70. The first-order valence-corrected chi connectivity index (χ1v) is 9.05. The normalized spacial score (nSPS) is 10.1. The third kappa shape index (κ3) is 7.96. The van der Waals surface area contributed by atoms with Crippen molar-refractivity contribution in [1.29, 1.82) is 0 Å². The minimum Gasteiger partial charge on any atom is -0.463 e. The average Bonchev–Trinajstić information content (AvgIpc) is 2.72. The van der Waals surface area contributed by atoms with Gasteiger partial charge >= 0.3 is 17.9 Å². The van der Waals surface area contributed by atoms with Gasteiger partial charge in [-0.3, -0.25) is 4.79 Å². The zero-order valence-electron chi connectivity index (χ0n) is 15.8. The molecule has 2 aromatic rings. The SMILES string of the molecule is C=CC(=O)OCCCCCC(=O)Oc1ccc(OC(=O)c2ccc(F)cc2)cc1. The molecule has 7 heteroatoms. The van der Waals surface area contributed by atoms with Crippen LogP contribution in [-0.4, -0.2) is 24.5 Å². The van der Waals surface area contributed by atoms with Crippen molar-refractivity contribution >= 4 is 17.9 Å². The van der Waals surface area contributed by atoms with Gasteiger partial charge in [-0.1, -0.05) is 6.58 Å². The molecule has 0 aliphatic heterocycles. The molecule has 2 rings (SSSR count). The number of carbonyl (C=O) groups is 3. The first kappa shape index (κ1) is 21.8. The molecule has 0 bridgehead atoms. The van der Waals surface area contributed by atoms with E-state index in [4.69, 9.17) is 14.2 Å². The topological polar surface area (TPSA) is 78.9 Å². The fourth-order valence-electron chi connectivity index (χ4n) is 2.29. The molecule has 0 aliphatic rings. The fraction of sp³-hybridized carbons (Fsp3) is 0.227. The first-order chi connectivity index (χ1) is 14.0. The van der Waals surface area contributed by atoms with Gasteiger partial charge in [0, 0.05) is 12.5 Å². The van der Waals surface area contributed by atoms with Gasteiger partial charge in [-0.2, -0.15) is 0 Å². The zero-order valence-corrected chi connectivity index (χ0v) is 15.8. The van der Waals surface area contributed by atoms with Gasteiger partial charge in [0.15, 0.2) is 0 Å². The molecular formula is C22H21FO6. The largest absolute Gasteiger partial charge is 0.463 e. The number of hydrogen-bond acceptors (Lipinski definition) is 6. The number of benzene rings is 2. The van der Waals surface area contributed by atoms with Crippen molar-refractivity contribution in [3.05, 3.63) is 72.6 Å². The first-order valence-electron chi connectivity index (χ1n) is 9.05. The van der Waals surface area contributed by atoms with Crippen molar-refractivity contribution < 1.29 is 33.0 Å². The van der Waals surface area contributed by atoms with Crippen LogP contribution in [0, 0.1) is 5.82 Å². The molecule has 0 unspecified atom stereocenters. The second-order valence-corrected chi connectivity index (χ2v) is 6.02. The number of halogens is 1. The van der Waals surface area contributed by atoms with Gasteiger partial charge in [0.1, 0.15) is 17.3 Å². The smallest absolute Gasteiger partial charge is 0.343 e. The third-order valence-corrected chi connectivity index (χ3v) is 3.78. The van der Waals surface area contributed by atoms with Crippen molar-refractivity contribution in [2.45, 2.75) is 25.7 Å². The van der Waals surface area contributed by atoms with Crippen molar-refractivity contribution in [1.82, 2.24) is 0 Å². The van der Waals surface area contributed by atoms with Crippen LogP contribution in [-0.2, 0) is 14.3 Å². The lowest BCUT2D eigenvalue weighted by molar-refractivity contribution is -0.138. The van der Waals surface area contributed by atoms with Crippen LogP contribution < -0.4 is 9.47 Å². The van der Waals surface area contributed by atoms with E-state index in [1.54, 1.807) is 0 Å². The van der Waals surface area contributed by atoms with Crippen LogP contribution in [0.5, 0.6) is 11.5 Å². The number of rotatable bonds is 10. The molecule has 0 heterocycles. The van der Waals surface area contributed by atoms with Crippen LogP contribution in [0.15, 0.2) is 61.2 Å². The lowest BCUT2D eigenvalue weighted by Gasteiger charge is -2.07. The van der Waals surface area contributed by atoms with Gasteiger partial charge in [-0.05, 0) is 67.8 Å². The van der Waals surface area contributed by atoms with E-state index in [1.165, 1.54) is 48.5 Å². The molecule has 0 fully saturated rings. The Morgan fingerprint density at radius 1 is 0.862 bits per heavy atom. The minimum atomic E-state index is -0.617. The van der Waals surface area contributed by atoms with Crippen LogP contribution in [0.4, 0.5) is 4.39 Å². The van der Waals surface area contributed by atoms with E-state index in [-0.39, 0.29) is 30.3 Å². The van der Waals surface area contributed by atoms with Gasteiger partial charge in [0.25, 0.3) is 0 Å². The maximum atomic E-state index is 12.9. The molecule has 0 N–H and O–H groups in total. The van der Waals surface area contributed by atoms with Crippen LogP contribution in [0.1, 0.15) is 36.0 Å². The molecule has 0 aliphatic carbocycles. The summed E-state index contributed by atoms with van der Waals surface area (Å²) in [4.78, 5) is 34.7. The summed E-state index contributed by atoms with van der Waals surface area (Å²) in [5.41, 5.74) is 0.223. The van der Waals surface area contributed by atoms with Crippen molar-refractivity contribution in [2.24, 2.45) is 0 Å². The highest BCUT2D eigenvalue weighted by Gasteiger charge is 2.10. The highest BCUT2D eigenvalue weighted by Crippen LogP contribution is 2.19. The lowest BCUT2D eigenvalue weighted by Crippen LogP contribution is -2.09. The number of carbonyl (C=O) groups excluding carboxylic acids is 3. The second-order valence-electron chi connectivity index (χ2n) is 6.02. The van der Waals surface area contributed by atoms with E-state index >= 15 is 0 Å². The molecule has 2 aromatic carbocycles. The Labute approximate surface area is 167 Å². The summed E-state index contributed by atoms with van der Waals surface area (Å²) in [5, 5.41) is 0. The summed E-state index contributed by atoms with van der Waals surface area (Å²) in [6.07, 6.45) is 3.32. The third-order valence-electron chi connectivity index (χ3n) is 3.78. The van der Waals surface area contributed by atoms with E-state index in [0.29, 0.717) is 18.6 Å². The van der Waals surface area contributed by atoms with E-state index in [9.17, 15) is 18.8 Å². The minimum absolute atomic E-state index is 0.223. The van der Waals surface area contributed by atoms with Crippen LogP contribution in [0.2, 0.25) is 0 Å². The van der Waals surface area contributed by atoms with Crippen molar-refractivity contribution in [3.63, 3.8) is 0 Å². The average molecular weight is 400 g/mol. The monoisotopic (exact) mass is 400 g/mol. The van der Waals surface area contributed by atoms with E-state index in [2.05, 4.69) is 6.58 Å². The van der Waals surface area contributed by atoms with Crippen molar-refractivity contribution in [2.75, 3.05) is 6.61 Å². The Bertz CT molecular complexity index is 843. The molecule has 0 saturated carbocycles. The standard InChI is InChI=1S/C22H21FO6/c1-2-20(24)27-15-5-3-4-6-21(25)28-18-11-13-19(14-12-18)29-22(26)16-7-9-17(23)10-8-16/h2,7-14H,1,3-6,15H2. The number of unbranched alkanes of at least 4 members (excludes halogenated alkanes) is 2. The van der Waals surface area contributed by atoms with Crippen LogP contribution >= 0.6 is 0 Å². The van der Waals surface area contributed by atoms with Crippen LogP contribution in [0.25, 0.3) is 0 Å². The molecule has 0 spiro atoms. The molecular weight excluding hydrogens is 379 g/mol. The second kappa shape index (κ2) is 11.4. The van der Waals surface area contributed by atoms with Gasteiger partial charge in [-0.15, -0.1) is 0 Å². The van der Waals surface area contributed by atoms with Crippen LogP contribution in [0.3, 0.4) is 0 Å². The highest BCUT2D eigenvalue weighted by atomic mass is 19.1. The summed E-state index contributed by atoms with van der Waals surface area (Å²) in [6, 6.07) is 11.0. The quantitative estimate of drug-likeness (QED) is 0.257. The summed E-state index contributed by atoms with van der Waals surface area (Å²) < 4.78 is 28.1. The predicted molar refractivity (Wildman–Crippen MR) is 103 cm³/mol. The Morgan fingerprint density at radius 2 is 1.48 bits per heavy atom. The molecule has 152 valence electrons. The Kier molecular flexibility index (Phi) is 8.56. The van der Waals surface area contributed by atoms with Gasteiger partial charge in [-0.25, -0.2) is 14.0 Å². The van der Waals surface area contributed by atoms with E-state index in [0.717, 1.165) is 12.5 Å². The molecule has 6 nitrogen and oxygen atoms in total. The zero-order chi connectivity index (χ0) is 21.1. The summed E-state index contributed by atoms with van der Waals surface area (Å²) in [6.45, 7) is 3.59. The van der Waals surface area contributed by atoms with Gasteiger partial charge in [0.2, 0.25) is 0 Å².